The summed E-state index contributed by atoms with van der Waals surface area (Å²) in [5, 5.41) is 0. The van der Waals surface area contributed by atoms with E-state index in [1.807, 2.05) is 37.3 Å². The zero-order valence-corrected chi connectivity index (χ0v) is 12.8. The van der Waals surface area contributed by atoms with Crippen molar-refractivity contribution in [1.82, 2.24) is 10.9 Å². The summed E-state index contributed by atoms with van der Waals surface area (Å²) in [5.41, 5.74) is 5.95. The zero-order valence-electron chi connectivity index (χ0n) is 12.8. The molecule has 0 aliphatic rings. The van der Waals surface area contributed by atoms with Crippen LogP contribution in [0.3, 0.4) is 0 Å². The maximum absolute atomic E-state index is 11.8. The monoisotopic (exact) mass is 310 g/mol. The first kappa shape index (κ1) is 16.3. The summed E-state index contributed by atoms with van der Waals surface area (Å²) in [5.74, 6) is -0.102. The molecule has 23 heavy (non-hydrogen) atoms. The van der Waals surface area contributed by atoms with Crippen LogP contribution in [0.25, 0.3) is 6.08 Å². The number of ether oxygens (including phenoxy) is 1. The van der Waals surface area contributed by atoms with Gasteiger partial charge in [0.05, 0.1) is 6.61 Å². The van der Waals surface area contributed by atoms with Gasteiger partial charge in [-0.2, -0.15) is 0 Å². The molecular formula is C18H18N2O3. The van der Waals surface area contributed by atoms with Gasteiger partial charge in [-0.1, -0.05) is 36.4 Å². The van der Waals surface area contributed by atoms with Crippen molar-refractivity contribution in [2.75, 3.05) is 6.61 Å². The molecule has 0 fully saturated rings. The van der Waals surface area contributed by atoms with Crippen LogP contribution in [0.1, 0.15) is 22.8 Å². The van der Waals surface area contributed by atoms with Gasteiger partial charge in [0.1, 0.15) is 5.75 Å². The molecule has 2 aromatic carbocycles. The number of hydrogen-bond donors (Lipinski definition) is 2. The van der Waals surface area contributed by atoms with E-state index in [1.165, 1.54) is 6.08 Å². The molecule has 0 heterocycles. The van der Waals surface area contributed by atoms with Gasteiger partial charge in [0.25, 0.3) is 11.8 Å². The van der Waals surface area contributed by atoms with Gasteiger partial charge < -0.3 is 4.74 Å². The summed E-state index contributed by atoms with van der Waals surface area (Å²) in [6.45, 7) is 2.44. The number of nitrogens with one attached hydrogen (secondary N) is 2. The van der Waals surface area contributed by atoms with Crippen LogP contribution in [0.4, 0.5) is 0 Å². The van der Waals surface area contributed by atoms with Gasteiger partial charge >= 0.3 is 0 Å². The van der Waals surface area contributed by atoms with E-state index in [9.17, 15) is 9.59 Å². The Morgan fingerprint density at radius 3 is 2.43 bits per heavy atom. The molecule has 0 aliphatic heterocycles. The van der Waals surface area contributed by atoms with E-state index in [4.69, 9.17) is 4.74 Å². The van der Waals surface area contributed by atoms with E-state index in [0.29, 0.717) is 17.9 Å². The molecule has 118 valence electrons. The van der Waals surface area contributed by atoms with Gasteiger partial charge in [-0.15, -0.1) is 0 Å². The lowest BCUT2D eigenvalue weighted by Crippen LogP contribution is -2.40. The second kappa shape index (κ2) is 8.38. The van der Waals surface area contributed by atoms with Crippen LogP contribution in [0.2, 0.25) is 0 Å². The highest BCUT2D eigenvalue weighted by molar-refractivity contribution is 5.97. The molecule has 2 N–H and O–H groups in total. The second-order valence-corrected chi connectivity index (χ2v) is 4.61. The number of benzene rings is 2. The van der Waals surface area contributed by atoms with E-state index in [2.05, 4.69) is 10.9 Å². The van der Waals surface area contributed by atoms with Crippen LogP contribution in [-0.4, -0.2) is 18.4 Å². The highest BCUT2D eigenvalue weighted by Gasteiger charge is 2.05. The molecular weight excluding hydrogens is 292 g/mol. The van der Waals surface area contributed by atoms with Crippen LogP contribution in [0.5, 0.6) is 5.75 Å². The third-order valence-electron chi connectivity index (χ3n) is 2.97. The highest BCUT2D eigenvalue weighted by atomic mass is 16.5. The first-order valence-electron chi connectivity index (χ1n) is 7.26. The summed E-state index contributed by atoms with van der Waals surface area (Å²) >= 11 is 0. The van der Waals surface area contributed by atoms with E-state index >= 15 is 0 Å². The second-order valence-electron chi connectivity index (χ2n) is 4.61. The Balaban J connectivity index is 1.91. The summed E-state index contributed by atoms with van der Waals surface area (Å²) in [7, 11) is 0. The first-order chi connectivity index (χ1) is 11.2. The van der Waals surface area contributed by atoms with Gasteiger partial charge in [-0.25, -0.2) is 0 Å². The SMILES string of the molecule is CCOc1ccccc1/C=C/C(=O)NNC(=O)c1ccccc1. The van der Waals surface area contributed by atoms with Crippen molar-refractivity contribution in [3.63, 3.8) is 0 Å². The van der Waals surface area contributed by atoms with Crippen LogP contribution in [0, 0.1) is 0 Å². The normalized spacial score (nSPS) is 10.3. The largest absolute Gasteiger partial charge is 0.493 e. The molecule has 0 saturated heterocycles. The minimum absolute atomic E-state index is 0.373. The van der Waals surface area contributed by atoms with Crippen molar-refractivity contribution in [2.45, 2.75) is 6.92 Å². The number of rotatable bonds is 5. The minimum Gasteiger partial charge on any atom is -0.493 e. The predicted octanol–water partition coefficient (Wildman–Crippen LogP) is 2.56. The summed E-state index contributed by atoms with van der Waals surface area (Å²) < 4.78 is 5.47. The van der Waals surface area contributed by atoms with Crippen molar-refractivity contribution in [1.29, 1.82) is 0 Å². The maximum atomic E-state index is 11.8. The average molecular weight is 310 g/mol. The van der Waals surface area contributed by atoms with Crippen LogP contribution in [0.15, 0.2) is 60.7 Å². The smallest absolute Gasteiger partial charge is 0.269 e. The van der Waals surface area contributed by atoms with Gasteiger partial charge in [-0.05, 0) is 31.2 Å². The van der Waals surface area contributed by atoms with E-state index in [-0.39, 0.29) is 5.91 Å². The van der Waals surface area contributed by atoms with Gasteiger partial charge in [0.15, 0.2) is 0 Å². The van der Waals surface area contributed by atoms with Gasteiger partial charge in [0.2, 0.25) is 0 Å². The molecule has 0 aliphatic carbocycles. The van der Waals surface area contributed by atoms with Crippen LogP contribution in [-0.2, 0) is 4.79 Å². The molecule has 0 aromatic heterocycles. The van der Waals surface area contributed by atoms with Crippen molar-refractivity contribution < 1.29 is 14.3 Å². The Morgan fingerprint density at radius 2 is 1.70 bits per heavy atom. The van der Waals surface area contributed by atoms with E-state index in [0.717, 1.165) is 5.56 Å². The summed E-state index contributed by atoms with van der Waals surface area (Å²) in [6, 6.07) is 16.0. The topological polar surface area (TPSA) is 67.4 Å². The Bertz CT molecular complexity index is 696. The van der Waals surface area contributed by atoms with Crippen molar-refractivity contribution >= 4 is 17.9 Å². The molecule has 2 amide bonds. The quantitative estimate of drug-likeness (QED) is 0.659. The summed E-state index contributed by atoms with van der Waals surface area (Å²) in [4.78, 5) is 23.6. The predicted molar refractivity (Wildman–Crippen MR) is 88.7 cm³/mol. The number of amides is 2. The third-order valence-corrected chi connectivity index (χ3v) is 2.97. The Kier molecular flexibility index (Phi) is 5.94. The highest BCUT2D eigenvalue weighted by Crippen LogP contribution is 2.19. The zero-order chi connectivity index (χ0) is 16.5. The first-order valence-corrected chi connectivity index (χ1v) is 7.26. The fourth-order valence-electron chi connectivity index (χ4n) is 1.89. The number of hydrazine groups is 1. The van der Waals surface area contributed by atoms with Gasteiger partial charge in [-0.3, -0.25) is 20.4 Å². The molecule has 0 unspecified atom stereocenters. The van der Waals surface area contributed by atoms with Crippen molar-refractivity contribution in [2.24, 2.45) is 0 Å². The third kappa shape index (κ3) is 5.00. The average Bonchev–Trinajstić information content (AvgIpc) is 2.60. The molecule has 0 bridgehead atoms. The molecule has 2 aromatic rings. The maximum Gasteiger partial charge on any atom is 0.269 e. The Labute approximate surface area is 134 Å². The van der Waals surface area contributed by atoms with E-state index in [1.54, 1.807) is 30.3 Å². The molecule has 0 radical (unpaired) electrons. The fourth-order valence-corrected chi connectivity index (χ4v) is 1.89. The standard InChI is InChI=1S/C18H18N2O3/c1-2-23-16-11-7-6-8-14(16)12-13-17(21)19-20-18(22)15-9-4-3-5-10-15/h3-13H,2H2,1H3,(H,19,21)(H,20,22)/b13-12+. The summed E-state index contributed by atoms with van der Waals surface area (Å²) in [6.07, 6.45) is 2.97. The number of carbonyl (C=O) groups is 2. The Hall–Kier alpha value is -3.08. The molecule has 5 nitrogen and oxygen atoms in total. The minimum atomic E-state index is -0.430. The van der Waals surface area contributed by atoms with E-state index < -0.39 is 5.91 Å². The molecule has 5 heteroatoms. The number of carbonyl (C=O) groups excluding carboxylic acids is 2. The molecule has 2 rings (SSSR count). The number of hydrogen-bond acceptors (Lipinski definition) is 3. The number of para-hydroxylation sites is 1. The lowest BCUT2D eigenvalue weighted by atomic mass is 10.2. The lowest BCUT2D eigenvalue weighted by Gasteiger charge is -2.07. The molecule has 0 spiro atoms. The fraction of sp³-hybridized carbons (Fsp3) is 0.111. The lowest BCUT2D eigenvalue weighted by molar-refractivity contribution is -0.117. The molecule has 0 saturated carbocycles. The Morgan fingerprint density at radius 1 is 1.00 bits per heavy atom. The van der Waals surface area contributed by atoms with Crippen molar-refractivity contribution in [3.05, 3.63) is 71.8 Å². The van der Waals surface area contributed by atoms with Crippen LogP contribution < -0.4 is 15.6 Å². The van der Waals surface area contributed by atoms with Gasteiger partial charge in [0, 0.05) is 17.2 Å². The molecule has 0 atom stereocenters. The van der Waals surface area contributed by atoms with Crippen LogP contribution >= 0.6 is 0 Å². The van der Waals surface area contributed by atoms with Crippen molar-refractivity contribution in [3.8, 4) is 5.75 Å².